The van der Waals surface area contributed by atoms with Crippen molar-refractivity contribution in [3.05, 3.63) is 135 Å². The van der Waals surface area contributed by atoms with E-state index in [-0.39, 0.29) is 5.91 Å². The third kappa shape index (κ3) is 5.18. The van der Waals surface area contributed by atoms with E-state index in [1.165, 1.54) is 45.3 Å². The molecular formula is C37H35N3OS. The molecule has 1 amide bonds. The number of amidine groups is 1. The second kappa shape index (κ2) is 11.3. The number of nitrogens with one attached hydrogen (secondary N) is 1. The minimum atomic E-state index is -0.0958. The number of rotatable bonds is 5. The first-order valence-electron chi connectivity index (χ1n) is 15.0. The average molecular weight is 570 g/mol. The lowest BCUT2D eigenvalue weighted by atomic mass is 9.76. The first kappa shape index (κ1) is 26.8. The molecule has 0 unspecified atom stereocenters. The number of thioether (sulfide) groups is 1. The lowest BCUT2D eigenvalue weighted by Gasteiger charge is -2.43. The van der Waals surface area contributed by atoms with Crippen LogP contribution < -0.4 is 10.2 Å². The molecule has 4 aromatic rings. The predicted octanol–water partition coefficient (Wildman–Crippen LogP) is 8.58. The summed E-state index contributed by atoms with van der Waals surface area (Å²) >= 11 is 1.42. The molecule has 4 nitrogen and oxygen atoms in total. The van der Waals surface area contributed by atoms with Crippen molar-refractivity contribution >= 4 is 40.3 Å². The first-order chi connectivity index (χ1) is 20.5. The van der Waals surface area contributed by atoms with Gasteiger partial charge in [0.2, 0.25) is 0 Å². The van der Waals surface area contributed by atoms with Gasteiger partial charge in [0, 0.05) is 30.6 Å². The lowest BCUT2D eigenvalue weighted by Crippen LogP contribution is -2.37. The molecular weight excluding hydrogens is 534 g/mol. The van der Waals surface area contributed by atoms with E-state index < -0.39 is 0 Å². The summed E-state index contributed by atoms with van der Waals surface area (Å²) in [5, 5.41) is 3.66. The molecule has 1 fully saturated rings. The van der Waals surface area contributed by atoms with Crippen LogP contribution in [0.5, 0.6) is 0 Å². The lowest BCUT2D eigenvalue weighted by molar-refractivity contribution is -0.115. The summed E-state index contributed by atoms with van der Waals surface area (Å²) in [7, 11) is 0. The number of hydrogen-bond donors (Lipinski definition) is 1. The van der Waals surface area contributed by atoms with Gasteiger partial charge in [-0.05, 0) is 82.1 Å². The first-order valence-corrected chi connectivity index (χ1v) is 15.8. The Kier molecular flexibility index (Phi) is 7.20. The largest absolute Gasteiger partial charge is 0.371 e. The molecule has 0 radical (unpaired) electrons. The van der Waals surface area contributed by atoms with Crippen molar-refractivity contribution in [3.63, 3.8) is 0 Å². The molecule has 1 N–H and O–H groups in total. The molecule has 0 spiro atoms. The molecule has 0 saturated carbocycles. The molecule has 3 aliphatic heterocycles. The Morgan fingerprint density at radius 1 is 0.833 bits per heavy atom. The average Bonchev–Trinajstić information content (AvgIpc) is 3.36. The minimum absolute atomic E-state index is 0.0958. The highest BCUT2D eigenvalue weighted by molar-refractivity contribution is 8.18. The smallest absolute Gasteiger partial charge is 0.264 e. The Labute approximate surface area is 252 Å². The number of hydrogen-bond acceptors (Lipinski definition) is 4. The third-order valence-electron chi connectivity index (χ3n) is 8.78. The zero-order chi connectivity index (χ0) is 28.6. The number of nitrogens with zero attached hydrogens (tertiary/aromatic N) is 2. The molecule has 7 rings (SSSR count). The van der Waals surface area contributed by atoms with Gasteiger partial charge in [0.25, 0.3) is 5.91 Å². The molecule has 3 heterocycles. The Morgan fingerprint density at radius 2 is 1.40 bits per heavy atom. The summed E-state index contributed by atoms with van der Waals surface area (Å²) in [6, 6.07) is 34.7. The standard InChI is InChI=1S/C37H35N3OS/c1-24(2)26-15-13-25(14-16-26)21-34-36(41)39-37(42-34)38-29-22-32-30(27-9-5-3-6-10-27)17-19-40-20-18-31(33(23-29)35(32)40)28-11-7-4-8-12-28/h3-16,21-24,30-31H,17-20H2,1-2H3,(H,38,39,41)/b34-21-/t30-,31+. The van der Waals surface area contributed by atoms with Gasteiger partial charge < -0.3 is 10.2 Å². The maximum atomic E-state index is 12.9. The molecule has 1 saturated heterocycles. The van der Waals surface area contributed by atoms with Gasteiger partial charge in [0.1, 0.15) is 0 Å². The highest BCUT2D eigenvalue weighted by atomic mass is 32.2. The molecule has 4 aromatic carbocycles. The SMILES string of the molecule is CC(C)c1ccc(/C=C2\SC(=Nc3cc4c5c(c3)[C@H](c3ccccc3)CCN5CC[C@@H]4c3ccccc3)NC2=O)cc1. The Morgan fingerprint density at radius 3 is 1.95 bits per heavy atom. The van der Waals surface area contributed by atoms with Crippen LogP contribution in [0.4, 0.5) is 11.4 Å². The molecule has 5 heteroatoms. The van der Waals surface area contributed by atoms with Crippen LogP contribution in [0, 0.1) is 0 Å². The van der Waals surface area contributed by atoms with E-state index in [0.717, 1.165) is 37.2 Å². The van der Waals surface area contributed by atoms with Crippen molar-refractivity contribution in [2.45, 2.75) is 44.4 Å². The molecule has 0 aliphatic carbocycles. The van der Waals surface area contributed by atoms with Gasteiger partial charge in [-0.25, -0.2) is 4.99 Å². The van der Waals surface area contributed by atoms with E-state index in [0.29, 0.717) is 27.8 Å². The van der Waals surface area contributed by atoms with Gasteiger partial charge in [0.05, 0.1) is 10.6 Å². The number of carbonyl (C=O) groups excluding carboxylic acids is 1. The summed E-state index contributed by atoms with van der Waals surface area (Å²) in [5.74, 6) is 1.02. The number of aliphatic imine (C=N–C) groups is 1. The van der Waals surface area contributed by atoms with E-state index in [9.17, 15) is 4.79 Å². The van der Waals surface area contributed by atoms with E-state index in [4.69, 9.17) is 4.99 Å². The Bertz CT molecular complexity index is 1600. The summed E-state index contributed by atoms with van der Waals surface area (Å²) in [6.45, 7) is 6.50. The van der Waals surface area contributed by atoms with Gasteiger partial charge >= 0.3 is 0 Å². The van der Waals surface area contributed by atoms with Crippen LogP contribution in [0.1, 0.15) is 77.8 Å². The predicted molar refractivity (Wildman–Crippen MR) is 176 cm³/mol. The quantitative estimate of drug-likeness (QED) is 0.245. The summed E-state index contributed by atoms with van der Waals surface area (Å²) in [4.78, 5) is 21.2. The molecule has 0 bridgehead atoms. The van der Waals surface area contributed by atoms with Gasteiger partial charge in [0.15, 0.2) is 5.17 Å². The highest BCUT2D eigenvalue weighted by Crippen LogP contribution is 2.50. The Balaban J connectivity index is 1.28. The van der Waals surface area contributed by atoms with Crippen LogP contribution in [0.3, 0.4) is 0 Å². The second-order valence-corrected chi connectivity index (χ2v) is 12.8. The maximum Gasteiger partial charge on any atom is 0.264 e. The molecule has 42 heavy (non-hydrogen) atoms. The van der Waals surface area contributed by atoms with Crippen LogP contribution in [0.15, 0.2) is 107 Å². The Hall–Kier alpha value is -4.09. The van der Waals surface area contributed by atoms with Crippen molar-refractivity contribution in [1.29, 1.82) is 0 Å². The van der Waals surface area contributed by atoms with Crippen LogP contribution in [-0.2, 0) is 4.79 Å². The highest BCUT2D eigenvalue weighted by Gasteiger charge is 2.35. The van der Waals surface area contributed by atoms with E-state index >= 15 is 0 Å². The second-order valence-electron chi connectivity index (χ2n) is 11.8. The van der Waals surface area contributed by atoms with Gasteiger partial charge in [-0.15, -0.1) is 0 Å². The van der Waals surface area contributed by atoms with Gasteiger partial charge in [-0.1, -0.05) is 98.8 Å². The molecule has 0 aromatic heterocycles. The number of benzene rings is 4. The van der Waals surface area contributed by atoms with Crippen molar-refractivity contribution in [2.24, 2.45) is 4.99 Å². The van der Waals surface area contributed by atoms with Crippen LogP contribution in [-0.4, -0.2) is 24.2 Å². The zero-order valence-corrected chi connectivity index (χ0v) is 24.9. The van der Waals surface area contributed by atoms with Crippen molar-refractivity contribution in [3.8, 4) is 0 Å². The van der Waals surface area contributed by atoms with Gasteiger partial charge in [-0.3, -0.25) is 4.79 Å². The van der Waals surface area contributed by atoms with Crippen molar-refractivity contribution < 1.29 is 4.79 Å². The summed E-state index contributed by atoms with van der Waals surface area (Å²) in [5.41, 5.74) is 9.99. The summed E-state index contributed by atoms with van der Waals surface area (Å²) < 4.78 is 0. The fraction of sp³-hybridized carbons (Fsp3) is 0.243. The minimum Gasteiger partial charge on any atom is -0.371 e. The molecule has 2 atom stereocenters. The monoisotopic (exact) mass is 569 g/mol. The summed E-state index contributed by atoms with van der Waals surface area (Å²) in [6.07, 6.45) is 4.12. The van der Waals surface area contributed by atoms with Crippen LogP contribution in [0.25, 0.3) is 6.08 Å². The fourth-order valence-electron chi connectivity index (χ4n) is 6.63. The van der Waals surface area contributed by atoms with Crippen molar-refractivity contribution in [1.82, 2.24) is 5.32 Å². The maximum absolute atomic E-state index is 12.9. The number of carbonyl (C=O) groups is 1. The number of amides is 1. The topological polar surface area (TPSA) is 44.7 Å². The molecule has 3 aliphatic rings. The van der Waals surface area contributed by atoms with E-state index in [2.05, 4.69) is 121 Å². The third-order valence-corrected chi connectivity index (χ3v) is 9.69. The molecule has 210 valence electrons. The van der Waals surface area contributed by atoms with E-state index in [1.54, 1.807) is 0 Å². The normalized spacial score (nSPS) is 21.6. The van der Waals surface area contributed by atoms with Crippen LogP contribution in [0.2, 0.25) is 0 Å². The van der Waals surface area contributed by atoms with Gasteiger partial charge in [-0.2, -0.15) is 0 Å². The number of anilines is 1. The van der Waals surface area contributed by atoms with Crippen LogP contribution >= 0.6 is 11.8 Å². The zero-order valence-electron chi connectivity index (χ0n) is 24.1. The van der Waals surface area contributed by atoms with Crippen molar-refractivity contribution in [2.75, 3.05) is 18.0 Å². The van der Waals surface area contributed by atoms with E-state index in [1.807, 2.05) is 6.08 Å². The fourth-order valence-corrected chi connectivity index (χ4v) is 7.47.